The molecule has 0 spiro atoms. The van der Waals surface area contributed by atoms with Gasteiger partial charge in [-0.05, 0) is 48.1 Å². The summed E-state index contributed by atoms with van der Waals surface area (Å²) in [4.78, 5) is 47.1. The normalized spacial score (nSPS) is 15.3. The number of alkyl halides is 2. The lowest BCUT2D eigenvalue weighted by atomic mass is 10.0. The van der Waals surface area contributed by atoms with Gasteiger partial charge in [-0.25, -0.2) is 0 Å². The number of fused-ring (bicyclic) bond motifs is 1. The molecule has 1 atom stereocenters. The Bertz CT molecular complexity index is 1410. The molecular weight excluding hydrogens is 571 g/mol. The van der Waals surface area contributed by atoms with Crippen LogP contribution in [0.25, 0.3) is 0 Å². The number of hydrogen-bond donors (Lipinski definition) is 0. The van der Waals surface area contributed by atoms with E-state index in [4.69, 9.17) is 32.7 Å². The van der Waals surface area contributed by atoms with E-state index in [0.717, 1.165) is 17.7 Å². The summed E-state index contributed by atoms with van der Waals surface area (Å²) >= 11 is 12.6. The molecule has 0 bridgehead atoms. The molecule has 2 aliphatic rings. The van der Waals surface area contributed by atoms with Crippen molar-refractivity contribution in [1.29, 1.82) is 0 Å². The topological polar surface area (TPSA) is 108 Å². The second-order valence-corrected chi connectivity index (χ2v) is 10.0. The predicted octanol–water partition coefficient (Wildman–Crippen LogP) is 5.30. The number of imide groups is 1. The number of nitrogens with zero attached hydrogens (tertiary/aromatic N) is 3. The first-order chi connectivity index (χ1) is 19.2. The predicted molar refractivity (Wildman–Crippen MR) is 138 cm³/mol. The molecule has 1 saturated carbocycles. The van der Waals surface area contributed by atoms with E-state index < -0.39 is 37.0 Å². The molecule has 0 N–H and O–H groups in total. The first-order valence-corrected chi connectivity index (χ1v) is 13.0. The van der Waals surface area contributed by atoms with Crippen molar-refractivity contribution in [3.05, 3.63) is 81.4 Å². The molecule has 0 saturated heterocycles. The first-order valence-electron chi connectivity index (χ1n) is 12.2. The quantitative estimate of drug-likeness (QED) is 0.218. The summed E-state index contributed by atoms with van der Waals surface area (Å²) in [6.07, 6.45) is 6.21. The Morgan fingerprint density at radius 2 is 1.73 bits per heavy atom. The van der Waals surface area contributed by atoms with E-state index in [1.807, 2.05) is 0 Å². The van der Waals surface area contributed by atoms with Crippen molar-refractivity contribution in [2.75, 3.05) is 13.2 Å². The number of aromatic nitrogens is 2. The standard InChI is InChI=1S/C27H21Cl2F2N3O6/c28-19-10-33-11-20(29)17(19)8-22(15-3-4-21(40-27(30)31)23(7-15)38-13-14-1-2-14)39-24(35)12-34-25(36)16-5-6-32-9-18(16)26(34)37/h3-7,9-11,14,22,27H,1-2,8,12-13H2. The van der Waals surface area contributed by atoms with Crippen molar-refractivity contribution in [1.82, 2.24) is 14.9 Å². The van der Waals surface area contributed by atoms with Crippen LogP contribution in [0.5, 0.6) is 11.5 Å². The van der Waals surface area contributed by atoms with E-state index in [-0.39, 0.29) is 39.1 Å². The van der Waals surface area contributed by atoms with Gasteiger partial charge in [-0.3, -0.25) is 29.3 Å². The fourth-order valence-corrected chi connectivity index (χ4v) is 4.69. The van der Waals surface area contributed by atoms with Gasteiger partial charge in [-0.2, -0.15) is 8.78 Å². The fourth-order valence-electron chi connectivity index (χ4n) is 4.17. The van der Waals surface area contributed by atoms with E-state index in [1.54, 1.807) is 0 Å². The minimum atomic E-state index is -3.08. The lowest BCUT2D eigenvalue weighted by molar-refractivity contribution is -0.149. The zero-order chi connectivity index (χ0) is 28.4. The highest BCUT2D eigenvalue weighted by molar-refractivity contribution is 6.35. The number of amides is 2. The van der Waals surface area contributed by atoms with E-state index in [0.29, 0.717) is 23.7 Å². The molecule has 208 valence electrons. The molecule has 1 aromatic carbocycles. The minimum Gasteiger partial charge on any atom is -0.489 e. The zero-order valence-corrected chi connectivity index (χ0v) is 22.2. The van der Waals surface area contributed by atoms with Crippen molar-refractivity contribution in [3.63, 3.8) is 0 Å². The van der Waals surface area contributed by atoms with Gasteiger partial charge in [-0.15, -0.1) is 0 Å². The van der Waals surface area contributed by atoms with Crippen LogP contribution in [0.2, 0.25) is 10.0 Å². The molecule has 3 aromatic rings. The molecule has 1 fully saturated rings. The maximum absolute atomic E-state index is 13.1. The molecule has 2 aromatic heterocycles. The SMILES string of the molecule is O=C(CN1C(=O)c2ccncc2C1=O)OC(Cc1c(Cl)cncc1Cl)c1ccc(OC(F)F)c(OCC2CC2)c1. The van der Waals surface area contributed by atoms with Crippen LogP contribution in [0.15, 0.2) is 49.1 Å². The van der Waals surface area contributed by atoms with E-state index in [9.17, 15) is 23.2 Å². The zero-order valence-electron chi connectivity index (χ0n) is 20.7. The van der Waals surface area contributed by atoms with Gasteiger partial charge in [0.1, 0.15) is 12.6 Å². The average molecular weight is 592 g/mol. The van der Waals surface area contributed by atoms with Crippen LogP contribution >= 0.6 is 23.2 Å². The molecule has 2 amide bonds. The third kappa shape index (κ3) is 6.15. The summed E-state index contributed by atoms with van der Waals surface area (Å²) in [6.45, 7) is -3.44. The van der Waals surface area contributed by atoms with E-state index in [2.05, 4.69) is 14.7 Å². The number of pyridine rings is 2. The van der Waals surface area contributed by atoms with Gasteiger partial charge in [0.05, 0.1) is 27.8 Å². The van der Waals surface area contributed by atoms with Crippen molar-refractivity contribution in [3.8, 4) is 11.5 Å². The number of rotatable bonds is 11. The molecule has 3 heterocycles. The molecule has 1 aliphatic carbocycles. The molecule has 1 aliphatic heterocycles. The Kier molecular flexibility index (Phi) is 8.13. The van der Waals surface area contributed by atoms with Gasteiger partial charge in [0.25, 0.3) is 11.8 Å². The van der Waals surface area contributed by atoms with E-state index in [1.165, 1.54) is 49.1 Å². The van der Waals surface area contributed by atoms with Crippen LogP contribution in [0.4, 0.5) is 8.78 Å². The molecular formula is C27H21Cl2F2N3O6. The highest BCUT2D eigenvalue weighted by Gasteiger charge is 2.37. The lowest BCUT2D eigenvalue weighted by Crippen LogP contribution is -2.36. The van der Waals surface area contributed by atoms with Crippen LogP contribution < -0.4 is 9.47 Å². The third-order valence-corrected chi connectivity index (χ3v) is 7.05. The molecule has 5 rings (SSSR count). The summed E-state index contributed by atoms with van der Waals surface area (Å²) < 4.78 is 42.2. The number of halogens is 4. The van der Waals surface area contributed by atoms with Gasteiger partial charge in [0, 0.05) is 31.2 Å². The number of carbonyl (C=O) groups excluding carboxylic acids is 3. The van der Waals surface area contributed by atoms with Crippen LogP contribution in [0.3, 0.4) is 0 Å². The number of carbonyl (C=O) groups is 3. The summed E-state index contributed by atoms with van der Waals surface area (Å²) in [6, 6.07) is 5.56. The molecule has 1 unspecified atom stereocenters. The van der Waals surface area contributed by atoms with Gasteiger partial charge in [0.15, 0.2) is 11.5 Å². The van der Waals surface area contributed by atoms with Crippen LogP contribution in [-0.2, 0) is 16.0 Å². The fraction of sp³-hybridized carbons (Fsp3) is 0.296. The van der Waals surface area contributed by atoms with Crippen LogP contribution in [-0.4, -0.2) is 52.4 Å². The smallest absolute Gasteiger partial charge is 0.387 e. The Morgan fingerprint density at radius 1 is 1.00 bits per heavy atom. The van der Waals surface area contributed by atoms with Crippen LogP contribution in [0.1, 0.15) is 50.8 Å². The summed E-state index contributed by atoms with van der Waals surface area (Å²) in [5.74, 6) is -2.04. The average Bonchev–Trinajstić information content (AvgIpc) is 3.73. The van der Waals surface area contributed by atoms with Crippen molar-refractivity contribution < 1.29 is 37.4 Å². The Hall–Kier alpha value is -3.83. The second kappa shape index (κ2) is 11.7. The molecule has 0 radical (unpaired) electrons. The maximum atomic E-state index is 13.1. The van der Waals surface area contributed by atoms with Crippen LogP contribution in [0, 0.1) is 5.92 Å². The number of benzene rings is 1. The number of ether oxygens (including phenoxy) is 3. The number of hydrogen-bond acceptors (Lipinski definition) is 8. The largest absolute Gasteiger partial charge is 0.489 e. The van der Waals surface area contributed by atoms with Gasteiger partial charge < -0.3 is 14.2 Å². The lowest BCUT2D eigenvalue weighted by Gasteiger charge is -2.22. The molecule has 9 nitrogen and oxygen atoms in total. The summed E-state index contributed by atoms with van der Waals surface area (Å²) in [5.41, 5.74) is 0.985. The number of esters is 1. The first kappa shape index (κ1) is 27.7. The highest BCUT2D eigenvalue weighted by Crippen LogP contribution is 2.38. The molecule has 40 heavy (non-hydrogen) atoms. The van der Waals surface area contributed by atoms with Crippen molar-refractivity contribution >= 4 is 41.0 Å². The van der Waals surface area contributed by atoms with E-state index >= 15 is 0 Å². The second-order valence-electron chi connectivity index (χ2n) is 9.22. The Morgan fingerprint density at radius 3 is 2.40 bits per heavy atom. The third-order valence-electron chi connectivity index (χ3n) is 6.40. The summed E-state index contributed by atoms with van der Waals surface area (Å²) in [5, 5.41) is 0.425. The Balaban J connectivity index is 1.42. The van der Waals surface area contributed by atoms with Gasteiger partial charge in [-0.1, -0.05) is 29.3 Å². The monoisotopic (exact) mass is 591 g/mol. The molecule has 13 heteroatoms. The summed E-state index contributed by atoms with van der Waals surface area (Å²) in [7, 11) is 0. The Labute approximate surface area is 237 Å². The van der Waals surface area contributed by atoms with Crippen molar-refractivity contribution in [2.45, 2.75) is 32.0 Å². The highest BCUT2D eigenvalue weighted by atomic mass is 35.5. The minimum absolute atomic E-state index is 0.0327. The van der Waals surface area contributed by atoms with Gasteiger partial charge >= 0.3 is 12.6 Å². The van der Waals surface area contributed by atoms with Gasteiger partial charge in [0.2, 0.25) is 0 Å². The maximum Gasteiger partial charge on any atom is 0.387 e. The van der Waals surface area contributed by atoms with Crippen molar-refractivity contribution in [2.24, 2.45) is 5.92 Å².